The third-order valence-corrected chi connectivity index (χ3v) is 3.07. The van der Waals surface area contributed by atoms with E-state index in [-0.39, 0.29) is 17.5 Å². The first-order valence-electron chi connectivity index (χ1n) is 8.62. The first-order chi connectivity index (χ1) is 12.9. The molecule has 0 N–H and O–H groups in total. The molecule has 0 saturated carbocycles. The molecule has 2 aromatic heterocycles. The number of pyridine rings is 1. The zero-order valence-electron chi connectivity index (χ0n) is 17.1. The van der Waals surface area contributed by atoms with Crippen LogP contribution in [-0.4, -0.2) is 40.5 Å². The summed E-state index contributed by atoms with van der Waals surface area (Å²) >= 11 is 0. The Morgan fingerprint density at radius 3 is 2.00 bits per heavy atom. The van der Waals surface area contributed by atoms with Crippen molar-refractivity contribution in [3.05, 3.63) is 24.6 Å². The molecule has 9 nitrogen and oxygen atoms in total. The third-order valence-electron chi connectivity index (χ3n) is 3.07. The summed E-state index contributed by atoms with van der Waals surface area (Å²) in [4.78, 5) is 34.7. The van der Waals surface area contributed by atoms with Crippen molar-refractivity contribution in [2.75, 3.05) is 12.0 Å². The minimum atomic E-state index is -0.947. The van der Waals surface area contributed by atoms with E-state index >= 15 is 0 Å². The van der Waals surface area contributed by atoms with E-state index in [1.54, 1.807) is 53.7 Å². The number of amides is 2. The molecule has 0 radical (unpaired) electrons. The van der Waals surface area contributed by atoms with Gasteiger partial charge in [0, 0.05) is 0 Å². The molecule has 152 valence electrons. The lowest BCUT2D eigenvalue weighted by atomic mass is 10.2. The van der Waals surface area contributed by atoms with Crippen LogP contribution >= 0.6 is 0 Å². The van der Waals surface area contributed by atoms with Crippen molar-refractivity contribution < 1.29 is 28.2 Å². The number of oxazole rings is 1. The zero-order chi connectivity index (χ0) is 21.1. The Morgan fingerprint density at radius 1 is 1.00 bits per heavy atom. The molecular formula is C19H25N3O6. The molecule has 0 fully saturated rings. The molecule has 0 aliphatic rings. The molecule has 0 bridgehead atoms. The first kappa shape index (κ1) is 21.2. The predicted molar refractivity (Wildman–Crippen MR) is 101 cm³/mol. The van der Waals surface area contributed by atoms with Gasteiger partial charge in [-0.3, -0.25) is 0 Å². The van der Waals surface area contributed by atoms with Crippen LogP contribution in [0.2, 0.25) is 0 Å². The summed E-state index contributed by atoms with van der Waals surface area (Å²) in [6.07, 6.45) is 0.954. The average molecular weight is 391 g/mol. The first-order valence-corrected chi connectivity index (χ1v) is 8.62. The second kappa shape index (κ2) is 7.87. The van der Waals surface area contributed by atoms with Gasteiger partial charge in [0.05, 0.1) is 13.3 Å². The summed E-state index contributed by atoms with van der Waals surface area (Å²) in [6.45, 7) is 10.1. The SMILES string of the molecule is COc1ccc(-c2ncco2)nc1N(C(=O)OC(C)(C)C)C(=O)OC(C)(C)C. The molecule has 0 saturated heterocycles. The summed E-state index contributed by atoms with van der Waals surface area (Å²) in [5.74, 6) is 0.297. The number of imide groups is 1. The average Bonchev–Trinajstić information content (AvgIpc) is 3.05. The lowest BCUT2D eigenvalue weighted by molar-refractivity contribution is 0.0427. The Kier molecular flexibility index (Phi) is 5.96. The van der Waals surface area contributed by atoms with Crippen molar-refractivity contribution in [1.29, 1.82) is 0 Å². The molecule has 28 heavy (non-hydrogen) atoms. The highest BCUT2D eigenvalue weighted by Gasteiger charge is 2.36. The van der Waals surface area contributed by atoms with Crippen molar-refractivity contribution in [1.82, 2.24) is 9.97 Å². The molecule has 9 heteroatoms. The van der Waals surface area contributed by atoms with Crippen LogP contribution in [-0.2, 0) is 9.47 Å². The second-order valence-corrected chi connectivity index (χ2v) is 7.86. The van der Waals surface area contributed by atoms with E-state index < -0.39 is 23.4 Å². The van der Waals surface area contributed by atoms with Crippen molar-refractivity contribution in [2.45, 2.75) is 52.7 Å². The van der Waals surface area contributed by atoms with Crippen molar-refractivity contribution in [2.24, 2.45) is 0 Å². The maximum absolute atomic E-state index is 12.8. The largest absolute Gasteiger partial charge is 0.493 e. The molecule has 0 unspecified atom stereocenters. The summed E-state index contributed by atoms with van der Waals surface area (Å²) < 4.78 is 21.3. The molecule has 2 amide bonds. The highest BCUT2D eigenvalue weighted by molar-refractivity contribution is 6.09. The monoisotopic (exact) mass is 391 g/mol. The Bertz CT molecular complexity index is 806. The van der Waals surface area contributed by atoms with Crippen LogP contribution in [0.5, 0.6) is 5.75 Å². The summed E-state index contributed by atoms with van der Waals surface area (Å²) in [5.41, 5.74) is -1.38. The Morgan fingerprint density at radius 2 is 1.57 bits per heavy atom. The topological polar surface area (TPSA) is 104 Å². The molecule has 2 aromatic rings. The van der Waals surface area contributed by atoms with Gasteiger partial charge in [-0.2, -0.15) is 4.90 Å². The van der Waals surface area contributed by atoms with Crippen LogP contribution in [0, 0.1) is 0 Å². The minimum absolute atomic E-state index is 0.0956. The van der Waals surface area contributed by atoms with Gasteiger partial charge in [-0.1, -0.05) is 0 Å². The van der Waals surface area contributed by atoms with Gasteiger partial charge < -0.3 is 18.6 Å². The Balaban J connectivity index is 2.56. The lowest BCUT2D eigenvalue weighted by Crippen LogP contribution is -2.44. The fourth-order valence-electron chi connectivity index (χ4n) is 2.09. The number of ether oxygens (including phenoxy) is 3. The molecule has 0 aromatic carbocycles. The van der Waals surface area contributed by atoms with Crippen molar-refractivity contribution in [3.63, 3.8) is 0 Å². The van der Waals surface area contributed by atoms with E-state index in [0.29, 0.717) is 10.6 Å². The van der Waals surface area contributed by atoms with Gasteiger partial charge in [-0.25, -0.2) is 19.6 Å². The van der Waals surface area contributed by atoms with Crippen molar-refractivity contribution >= 4 is 18.0 Å². The molecule has 2 heterocycles. The number of nitrogens with zero attached hydrogens (tertiary/aromatic N) is 3. The number of anilines is 1. The van der Waals surface area contributed by atoms with Gasteiger partial charge in [0.15, 0.2) is 11.6 Å². The fraction of sp³-hybridized carbons (Fsp3) is 0.474. The molecular weight excluding hydrogens is 366 g/mol. The van der Waals surface area contributed by atoms with E-state index in [4.69, 9.17) is 18.6 Å². The van der Waals surface area contributed by atoms with Crippen LogP contribution in [0.1, 0.15) is 41.5 Å². The number of carbonyl (C=O) groups excluding carboxylic acids is 2. The standard InChI is InChI=1S/C19H25N3O6/c1-18(2,3)27-16(23)22(17(24)28-19(4,5)6)14-13(25-7)9-8-12(21-14)15-20-10-11-26-15/h8-11H,1-7H3. The highest BCUT2D eigenvalue weighted by atomic mass is 16.6. The maximum atomic E-state index is 12.8. The number of aromatic nitrogens is 2. The van der Waals surface area contributed by atoms with E-state index in [9.17, 15) is 9.59 Å². The van der Waals surface area contributed by atoms with Crippen LogP contribution in [0.25, 0.3) is 11.6 Å². The minimum Gasteiger partial charge on any atom is -0.493 e. The molecule has 0 aliphatic heterocycles. The lowest BCUT2D eigenvalue weighted by Gasteiger charge is -2.28. The van der Waals surface area contributed by atoms with E-state index in [0.717, 1.165) is 0 Å². The van der Waals surface area contributed by atoms with Crippen LogP contribution in [0.3, 0.4) is 0 Å². The van der Waals surface area contributed by atoms with Crippen LogP contribution in [0.15, 0.2) is 29.0 Å². The van der Waals surface area contributed by atoms with Gasteiger partial charge in [0.2, 0.25) is 5.89 Å². The number of carbonyl (C=O) groups is 2. The molecule has 0 spiro atoms. The zero-order valence-corrected chi connectivity index (χ0v) is 17.1. The van der Waals surface area contributed by atoms with Crippen LogP contribution in [0.4, 0.5) is 15.4 Å². The van der Waals surface area contributed by atoms with E-state index in [1.165, 1.54) is 19.6 Å². The smallest absolute Gasteiger partial charge is 0.425 e. The maximum Gasteiger partial charge on any atom is 0.425 e. The third kappa shape index (κ3) is 5.45. The van der Waals surface area contributed by atoms with Gasteiger partial charge in [-0.05, 0) is 53.7 Å². The predicted octanol–water partition coefficient (Wildman–Crippen LogP) is 4.42. The number of hydrogen-bond donors (Lipinski definition) is 0. The van der Waals surface area contributed by atoms with Gasteiger partial charge >= 0.3 is 12.2 Å². The normalized spacial score (nSPS) is 11.7. The van der Waals surface area contributed by atoms with Crippen LogP contribution < -0.4 is 9.64 Å². The molecule has 2 rings (SSSR count). The number of methoxy groups -OCH3 is 1. The summed E-state index contributed by atoms with van der Waals surface area (Å²) in [5, 5.41) is 0. The molecule has 0 aliphatic carbocycles. The van der Waals surface area contributed by atoms with Crippen molar-refractivity contribution in [3.8, 4) is 17.3 Å². The fourth-order valence-corrected chi connectivity index (χ4v) is 2.09. The van der Waals surface area contributed by atoms with E-state index in [2.05, 4.69) is 9.97 Å². The van der Waals surface area contributed by atoms with Gasteiger partial charge in [-0.15, -0.1) is 0 Å². The summed E-state index contributed by atoms with van der Waals surface area (Å²) in [6, 6.07) is 3.14. The van der Waals surface area contributed by atoms with Gasteiger partial charge in [0.1, 0.15) is 23.2 Å². The Labute approximate surface area is 163 Å². The molecule has 0 atom stereocenters. The second-order valence-electron chi connectivity index (χ2n) is 7.86. The highest BCUT2D eigenvalue weighted by Crippen LogP contribution is 2.31. The van der Waals surface area contributed by atoms with E-state index in [1.807, 2.05) is 0 Å². The number of hydrogen-bond acceptors (Lipinski definition) is 8. The van der Waals surface area contributed by atoms with Gasteiger partial charge in [0.25, 0.3) is 0 Å². The Hall–Kier alpha value is -3.10. The quantitative estimate of drug-likeness (QED) is 0.757. The summed E-state index contributed by atoms with van der Waals surface area (Å²) in [7, 11) is 1.40. The number of rotatable bonds is 3.